The van der Waals surface area contributed by atoms with Gasteiger partial charge in [0, 0.05) is 97.2 Å². The highest BCUT2D eigenvalue weighted by molar-refractivity contribution is 14.1. The van der Waals surface area contributed by atoms with Crippen molar-refractivity contribution in [3.63, 3.8) is 0 Å². The van der Waals surface area contributed by atoms with Crippen LogP contribution >= 0.6 is 56.6 Å². The number of hydrogen-bond donors (Lipinski definition) is 4. The monoisotopic (exact) mass is 2050 g/mol. The van der Waals surface area contributed by atoms with Gasteiger partial charge in [0.15, 0.2) is 46.2 Å². The molecule has 1 aliphatic heterocycles. The summed E-state index contributed by atoms with van der Waals surface area (Å²) >= 11 is 6.11. The molecule has 13 heterocycles. The van der Waals surface area contributed by atoms with Gasteiger partial charge in [-0.05, 0) is 213 Å². The summed E-state index contributed by atoms with van der Waals surface area (Å²) in [7, 11) is -8.24. The third-order valence-electron chi connectivity index (χ3n) is 21.3. The largest absolute Gasteiger partial charge is 0.505 e. The highest BCUT2D eigenvalue weighted by Crippen LogP contribution is 2.40. The summed E-state index contributed by atoms with van der Waals surface area (Å²) < 4.78 is 193. The molecule has 5 aromatic carbocycles. The van der Waals surface area contributed by atoms with Crippen molar-refractivity contribution in [3.05, 3.63) is 397 Å². The van der Waals surface area contributed by atoms with E-state index in [4.69, 9.17) is 9.31 Å². The maximum atomic E-state index is 14.2. The lowest BCUT2D eigenvalue weighted by molar-refractivity contribution is 0.00578. The predicted molar refractivity (Wildman–Crippen MR) is 506 cm³/mol. The summed E-state index contributed by atoms with van der Waals surface area (Å²) in [5.41, 5.74) is 0.469. The maximum Gasteiger partial charge on any atom is 0.505 e. The van der Waals surface area contributed by atoms with Crippen molar-refractivity contribution < 1.29 is 80.0 Å². The molecule has 12 aromatic heterocycles. The lowest BCUT2D eigenvalue weighted by Crippen LogP contribution is -2.41. The van der Waals surface area contributed by atoms with Crippen LogP contribution in [0.3, 0.4) is 0 Å². The number of nitrogens with one attached hydrogen (secondary N) is 4. The molecule has 3 amide bonds. The number of aromatic nitrogens is 9. The van der Waals surface area contributed by atoms with Gasteiger partial charge in [0.1, 0.15) is 39.8 Å². The smallest absolute Gasteiger partial charge is 0.399 e. The van der Waals surface area contributed by atoms with E-state index in [0.717, 1.165) is 87.9 Å². The van der Waals surface area contributed by atoms with E-state index >= 15 is 0 Å². The zero-order chi connectivity index (χ0) is 96.5. The fourth-order valence-electron chi connectivity index (χ4n) is 13.8. The van der Waals surface area contributed by atoms with Crippen LogP contribution in [0.4, 0.5) is 39.5 Å². The van der Waals surface area contributed by atoms with Crippen LogP contribution in [0.15, 0.2) is 286 Å². The van der Waals surface area contributed by atoms with Crippen LogP contribution < -0.4 is 37.4 Å². The molecule has 692 valence electrons. The van der Waals surface area contributed by atoms with Crippen molar-refractivity contribution in [1.29, 1.82) is 0 Å². The Labute approximate surface area is 790 Å². The fourth-order valence-corrected chi connectivity index (χ4v) is 20.2. The Morgan fingerprint density at radius 1 is 0.430 bits per heavy atom. The minimum atomic E-state index is -4.03. The zero-order valence-corrected chi connectivity index (χ0v) is 78.2. The Morgan fingerprint density at radius 3 is 1.22 bits per heavy atom. The molecule has 17 aromatic rings. The van der Waals surface area contributed by atoms with E-state index in [0.29, 0.717) is 57.4 Å². The van der Waals surface area contributed by atoms with Crippen molar-refractivity contribution >= 4 is 139 Å². The molecule has 0 spiro atoms. The molecule has 0 aliphatic carbocycles. The number of carbonyl (C=O) groups excluding carboxylic acids is 3. The van der Waals surface area contributed by atoms with Crippen LogP contribution in [-0.4, -0.2) is 94.5 Å². The first-order valence-corrected chi connectivity index (χ1v) is 47.5. The number of carbonyl (C=O) groups is 3. The number of thiophene rings is 3. The van der Waals surface area contributed by atoms with Crippen LogP contribution in [0.5, 0.6) is 0 Å². The van der Waals surface area contributed by atoms with E-state index in [1.165, 1.54) is 164 Å². The highest BCUT2D eigenvalue weighted by Gasteiger charge is 2.52. The Morgan fingerprint density at radius 2 is 0.800 bits per heavy atom. The molecule has 1 aliphatic rings. The number of rotatable bonds is 22. The molecular formula is C95H77BF9IN12O12S5. The van der Waals surface area contributed by atoms with E-state index in [1.807, 2.05) is 88.4 Å². The van der Waals surface area contributed by atoms with Gasteiger partial charge in [-0.1, -0.05) is 74.5 Å². The summed E-state index contributed by atoms with van der Waals surface area (Å²) in [6.45, 7) is 12.4. The number of benzene rings is 5. The first kappa shape index (κ1) is 97.5. The van der Waals surface area contributed by atoms with E-state index in [-0.39, 0.29) is 77.0 Å². The third-order valence-corrected chi connectivity index (χ3v) is 28.8. The van der Waals surface area contributed by atoms with E-state index in [9.17, 15) is 85.1 Å². The molecule has 135 heavy (non-hydrogen) atoms. The van der Waals surface area contributed by atoms with Crippen LogP contribution in [0.25, 0.3) is 54.0 Å². The topological polar surface area (TPSA) is 304 Å². The fraction of sp³-hybridized carbons (Fsp3) is 0.147. The van der Waals surface area contributed by atoms with Gasteiger partial charge in [-0.2, -0.15) is 0 Å². The van der Waals surface area contributed by atoms with Gasteiger partial charge < -0.3 is 43.9 Å². The van der Waals surface area contributed by atoms with Crippen molar-refractivity contribution in [3.8, 4) is 20.9 Å². The Bertz CT molecular complexity index is 7770. The van der Waals surface area contributed by atoms with Crippen molar-refractivity contribution in [1.82, 2.24) is 57.5 Å². The van der Waals surface area contributed by atoms with Gasteiger partial charge in [0.25, 0.3) is 54.4 Å². The van der Waals surface area contributed by atoms with E-state index < -0.39 is 125 Å². The van der Waals surface area contributed by atoms with E-state index in [1.54, 1.807) is 66.9 Å². The summed E-state index contributed by atoms with van der Waals surface area (Å²) in [5.74, 6) is -9.23. The summed E-state index contributed by atoms with van der Waals surface area (Å²) in [6, 6.07) is 49.7. The Hall–Kier alpha value is -13.5. The second-order valence-corrected chi connectivity index (χ2v) is 39.2. The number of hydrogen-bond acceptors (Lipinski definition) is 18. The predicted octanol–water partition coefficient (Wildman–Crippen LogP) is 17.9. The van der Waals surface area contributed by atoms with Crippen molar-refractivity contribution in [2.75, 3.05) is 0 Å². The molecule has 0 unspecified atom stereocenters. The summed E-state index contributed by atoms with van der Waals surface area (Å²) in [5, 5.41) is 9.64. The second-order valence-electron chi connectivity index (χ2n) is 30.8. The minimum Gasteiger partial charge on any atom is -0.399 e. The lowest BCUT2D eigenvalue weighted by atomic mass is 9.88. The van der Waals surface area contributed by atoms with Gasteiger partial charge in [0.2, 0.25) is 0 Å². The lowest BCUT2D eigenvalue weighted by Gasteiger charge is -2.32. The zero-order valence-electron chi connectivity index (χ0n) is 71.9. The molecule has 1 saturated heterocycles. The molecule has 0 saturated carbocycles. The Kier molecular flexibility index (Phi) is 30.0. The van der Waals surface area contributed by atoms with Gasteiger partial charge in [0.05, 0.1) is 78.9 Å². The van der Waals surface area contributed by atoms with Crippen LogP contribution in [0, 0.1) is 55.9 Å². The molecule has 0 atom stereocenters. The first-order valence-electron chi connectivity index (χ1n) is 41.1. The van der Waals surface area contributed by atoms with Gasteiger partial charge in [-0.25, -0.2) is 79.2 Å². The molecule has 18 rings (SSSR count). The SMILES string of the molecule is CC.CC1(C)OB(c2ccc(CNC(=O)c3cccn(Cc4ccc(F)c(F)c4)c3=O)s2)OC1(C)C.O=C(NCc1ccc(-c2c[nH]c3ncc(F)cc23)s1)c1cccn(Cc2ccc(F)c(F)c2)c1=O.O=C(NCc1ccc(-c2cn(S(=O)(=O)c3ccccc3)c3ncc(F)cc23)s1)c1cccn(Cc2ccc(F)c(F)c2)c1=O.O=S(=O)(c1ccccc1)n1cc(I)c2cc(F)cnc21. The van der Waals surface area contributed by atoms with Crippen molar-refractivity contribution in [2.45, 2.75) is 102 Å². The van der Waals surface area contributed by atoms with E-state index in [2.05, 4.69) is 35.9 Å². The Balaban J connectivity index is 0.000000147. The number of fused-ring (bicyclic) bond motifs is 3. The first-order chi connectivity index (χ1) is 64.5. The molecular weight excluding hydrogens is 1970 g/mol. The summed E-state index contributed by atoms with van der Waals surface area (Å²) in [6.07, 6.45) is 12.1. The number of pyridine rings is 6. The molecule has 1 fully saturated rings. The molecule has 24 nitrogen and oxygen atoms in total. The van der Waals surface area contributed by atoms with Gasteiger partial charge >= 0.3 is 7.12 Å². The standard InChI is InChI=1S/C31H21F3N4O4S2.C25H17F3N4O2S.C24H25BF2N2O4S.C13H8FIN2O2S.C2H6/c32-20-14-24-25(18-38(29(24)35-15-20)44(41,42)22-5-2-1-3-6-22)28-11-9-21(43-28)16-36-30(39)23-7-4-12-37(31(23)40)17-19-8-10-26(33)27(34)13-19;26-15-9-18-19(12-30-23(18)29-10-15)22-6-4-16(35-22)11-31-24(33)17-2-1-7-32(25(17)34)13-14-3-5-20(27)21(28)8-14;1-23(2)24(3,4)33-25(32-23)20-10-8-16(34-20)13-28-21(30)17-6-5-11-29(22(17)31)14-15-7-9-18(26)19(27)12-15;14-9-6-11-12(15)8-17(13(11)16-7-9)20(18,19)10-4-2-1-3-5-10;1-2/h1-15,18H,16-17H2,(H,36,39);1-10,12H,11,13H2,(H,29,30)(H,31,33);5-12H,13-14H2,1-4H3,(H,28,30);1-8H;1-2H3. The van der Waals surface area contributed by atoms with Crippen LogP contribution in [0.2, 0.25) is 0 Å². The quantitative estimate of drug-likeness (QED) is 0.0278. The molecule has 40 heteroatoms. The van der Waals surface area contributed by atoms with Crippen molar-refractivity contribution in [2.24, 2.45) is 0 Å². The number of nitrogens with zero attached hydrogens (tertiary/aromatic N) is 8. The van der Waals surface area contributed by atoms with Gasteiger partial charge in [-0.3, -0.25) is 28.8 Å². The summed E-state index contributed by atoms with van der Waals surface area (Å²) in [4.78, 5) is 96.0. The highest BCUT2D eigenvalue weighted by atomic mass is 127. The number of halogens is 10. The third kappa shape index (κ3) is 22.1. The average Bonchev–Trinajstić information content (AvgIpc) is 1.55. The van der Waals surface area contributed by atoms with Crippen LogP contribution in [0.1, 0.15) is 104 Å². The van der Waals surface area contributed by atoms with Gasteiger partial charge in [-0.15, -0.1) is 34.0 Å². The number of aromatic amines is 1. The molecule has 0 radical (unpaired) electrons. The van der Waals surface area contributed by atoms with Crippen LogP contribution in [-0.2, 0) is 68.6 Å². The second kappa shape index (κ2) is 41.6. The maximum absolute atomic E-state index is 14.2. The number of amides is 3. The average molecular weight is 2050 g/mol. The normalized spacial score (nSPS) is 12.7. The molecule has 0 bridgehead atoms. The molecule has 4 N–H and O–H groups in total. The minimum absolute atomic E-state index is 0.00842. The number of H-pyrrole nitrogens is 1.